The number of halogens is 1. The summed E-state index contributed by atoms with van der Waals surface area (Å²) >= 11 is 7.51. The van der Waals surface area contributed by atoms with Gasteiger partial charge in [0.1, 0.15) is 10.7 Å². The lowest BCUT2D eigenvalue weighted by molar-refractivity contribution is 0.0967. The average Bonchev–Trinajstić information content (AvgIpc) is 3.28. The number of anilines is 1. The van der Waals surface area contributed by atoms with E-state index in [1.54, 1.807) is 36.4 Å². The number of nitrogens with one attached hydrogen (secondary N) is 2. The highest BCUT2D eigenvalue weighted by molar-refractivity contribution is 7.71. The molecular formula is C22H19ClN4O4S2. The first-order valence-corrected chi connectivity index (χ1v) is 12.4. The molecule has 2 N–H and O–H groups in total. The minimum absolute atomic E-state index is 0.0655. The van der Waals surface area contributed by atoms with Crippen LogP contribution in [0.15, 0.2) is 48.5 Å². The second-order valence-corrected chi connectivity index (χ2v) is 9.76. The van der Waals surface area contributed by atoms with E-state index in [2.05, 4.69) is 15.6 Å². The van der Waals surface area contributed by atoms with Crippen LogP contribution in [0.25, 0.3) is 15.9 Å². The summed E-state index contributed by atoms with van der Waals surface area (Å²) in [5.41, 5.74) is 4.29. The van der Waals surface area contributed by atoms with Crippen LogP contribution in [-0.4, -0.2) is 29.9 Å². The molecule has 0 saturated heterocycles. The summed E-state index contributed by atoms with van der Waals surface area (Å²) in [6, 6.07) is 13.3. The molecule has 0 atom stereocenters. The number of benzene rings is 2. The van der Waals surface area contributed by atoms with Crippen LogP contribution >= 0.6 is 22.9 Å². The van der Waals surface area contributed by atoms with E-state index in [1.807, 2.05) is 30.5 Å². The van der Waals surface area contributed by atoms with Gasteiger partial charge in [-0.1, -0.05) is 29.0 Å². The van der Waals surface area contributed by atoms with E-state index in [0.29, 0.717) is 11.1 Å². The van der Waals surface area contributed by atoms with Crippen LogP contribution in [0.2, 0.25) is 5.02 Å². The van der Waals surface area contributed by atoms with Gasteiger partial charge >= 0.3 is 6.03 Å². The van der Waals surface area contributed by atoms with Crippen molar-refractivity contribution in [3.05, 3.63) is 76.1 Å². The van der Waals surface area contributed by atoms with E-state index in [4.69, 9.17) is 11.6 Å². The molecule has 0 fully saturated rings. The molecule has 2 aromatic carbocycles. The predicted molar refractivity (Wildman–Crippen MR) is 130 cm³/mol. The molecule has 170 valence electrons. The molecule has 11 heteroatoms. The average molecular weight is 503 g/mol. The molecule has 4 aromatic rings. The molecule has 0 saturated carbocycles. The fraction of sp³-hybridized carbons (Fsp3) is 0.136. The molecule has 0 aliphatic rings. The molecule has 0 aliphatic carbocycles. The summed E-state index contributed by atoms with van der Waals surface area (Å²) in [6.45, 7) is 3.94. The summed E-state index contributed by atoms with van der Waals surface area (Å²) in [4.78, 5) is 29.2. The molecular weight excluding hydrogens is 484 g/mol. The van der Waals surface area contributed by atoms with E-state index in [1.165, 1.54) is 11.3 Å². The predicted octanol–water partition coefficient (Wildman–Crippen LogP) is 4.43. The summed E-state index contributed by atoms with van der Waals surface area (Å²) in [7, 11) is -2.54. The molecule has 8 nitrogen and oxygen atoms in total. The number of thiol groups is 1. The van der Waals surface area contributed by atoms with Crippen LogP contribution in [0.5, 0.6) is 0 Å². The Morgan fingerprint density at radius 3 is 2.45 bits per heavy atom. The number of aromatic nitrogens is 2. The molecule has 4 rings (SSSR count). The van der Waals surface area contributed by atoms with E-state index in [0.717, 1.165) is 21.8 Å². The number of aryl methyl sites for hydroxylation is 2. The fourth-order valence-electron chi connectivity index (χ4n) is 3.47. The zero-order chi connectivity index (χ0) is 23.7. The van der Waals surface area contributed by atoms with E-state index < -0.39 is 22.6 Å². The van der Waals surface area contributed by atoms with Crippen molar-refractivity contribution in [1.29, 1.82) is 0 Å². The number of carbonyl (C=O) groups is 2. The zero-order valence-electron chi connectivity index (χ0n) is 17.6. The van der Waals surface area contributed by atoms with Crippen molar-refractivity contribution in [1.82, 2.24) is 14.9 Å². The van der Waals surface area contributed by atoms with Crippen molar-refractivity contribution in [3.63, 3.8) is 0 Å². The highest BCUT2D eigenvalue weighted by Crippen LogP contribution is 2.27. The van der Waals surface area contributed by atoms with Crippen LogP contribution < -0.4 is 10.6 Å². The normalized spacial score (nSPS) is 11.2. The maximum absolute atomic E-state index is 12.6. The number of nitrogens with zero attached hydrogens (tertiary/aromatic N) is 2. The van der Waals surface area contributed by atoms with Gasteiger partial charge in [-0.15, -0.1) is 0 Å². The quantitative estimate of drug-likeness (QED) is 0.350. The Balaban J connectivity index is 1.46. The molecule has 0 bridgehead atoms. The van der Waals surface area contributed by atoms with Gasteiger partial charge in [0.25, 0.3) is 5.91 Å². The number of imide groups is 1. The molecule has 0 radical (unpaired) electrons. The summed E-state index contributed by atoms with van der Waals surface area (Å²) in [5, 5.41) is 5.28. The van der Waals surface area contributed by atoms with Crippen molar-refractivity contribution in [3.8, 4) is 5.69 Å². The van der Waals surface area contributed by atoms with Crippen LogP contribution in [0.3, 0.4) is 0 Å². The number of carbonyl (C=O) groups excluding carboxylic acids is 2. The third-order valence-corrected chi connectivity index (χ3v) is 6.81. The number of urea groups is 1. The van der Waals surface area contributed by atoms with Crippen LogP contribution in [0.1, 0.15) is 27.3 Å². The van der Waals surface area contributed by atoms with Crippen molar-refractivity contribution in [2.75, 3.05) is 5.32 Å². The van der Waals surface area contributed by atoms with Crippen LogP contribution in [0.4, 0.5) is 9.93 Å². The molecule has 2 heterocycles. The van der Waals surface area contributed by atoms with Gasteiger partial charge in [0.15, 0.2) is 5.13 Å². The van der Waals surface area contributed by atoms with Gasteiger partial charge in [-0.3, -0.25) is 15.4 Å². The Morgan fingerprint density at radius 2 is 1.79 bits per heavy atom. The van der Waals surface area contributed by atoms with Crippen molar-refractivity contribution >= 4 is 60.9 Å². The minimum atomic E-state index is -2.54. The van der Waals surface area contributed by atoms with E-state index in [9.17, 15) is 18.0 Å². The number of thiazole rings is 1. The Bertz CT molecular complexity index is 1450. The van der Waals surface area contributed by atoms with Crippen molar-refractivity contribution < 1.29 is 18.0 Å². The summed E-state index contributed by atoms with van der Waals surface area (Å²) in [5.74, 6) is -0.711. The highest BCUT2D eigenvalue weighted by atomic mass is 35.5. The molecule has 0 aliphatic heterocycles. The van der Waals surface area contributed by atoms with Crippen molar-refractivity contribution in [2.24, 2.45) is 0 Å². The number of hydrogen-bond donors (Lipinski definition) is 3. The van der Waals surface area contributed by atoms with E-state index in [-0.39, 0.29) is 21.5 Å². The van der Waals surface area contributed by atoms with Gasteiger partial charge < -0.3 is 4.57 Å². The number of rotatable bonds is 5. The first-order valence-electron chi connectivity index (χ1n) is 9.80. The fourth-order valence-corrected chi connectivity index (χ4v) is 5.15. The SMILES string of the molecule is Cc1ccc(C)n1-c1ccc(C(=O)NC(=O)Nc2nc3ccc(C[SH](=O)=O)cc3s2)c(Cl)c1. The molecule has 0 spiro atoms. The molecule has 33 heavy (non-hydrogen) atoms. The number of amides is 3. The first-order chi connectivity index (χ1) is 15.7. The Morgan fingerprint density at radius 1 is 1.06 bits per heavy atom. The van der Waals surface area contributed by atoms with Gasteiger partial charge in [-0.2, -0.15) is 0 Å². The molecule has 3 amide bonds. The molecule has 2 aromatic heterocycles. The maximum Gasteiger partial charge on any atom is 0.327 e. The lowest BCUT2D eigenvalue weighted by Gasteiger charge is -2.12. The smallest absolute Gasteiger partial charge is 0.318 e. The Hall–Kier alpha value is -3.21. The lowest BCUT2D eigenvalue weighted by Crippen LogP contribution is -2.34. The second kappa shape index (κ2) is 9.34. The van der Waals surface area contributed by atoms with Gasteiger partial charge in [0.2, 0.25) is 0 Å². The largest absolute Gasteiger partial charge is 0.327 e. The second-order valence-electron chi connectivity index (χ2n) is 7.34. The van der Waals surface area contributed by atoms with Gasteiger partial charge in [0, 0.05) is 17.1 Å². The lowest BCUT2D eigenvalue weighted by atomic mass is 10.2. The Kier molecular flexibility index (Phi) is 6.50. The summed E-state index contributed by atoms with van der Waals surface area (Å²) in [6.07, 6.45) is 0. The van der Waals surface area contributed by atoms with Crippen molar-refractivity contribution in [2.45, 2.75) is 19.6 Å². The van der Waals surface area contributed by atoms with E-state index >= 15 is 0 Å². The maximum atomic E-state index is 12.6. The van der Waals surface area contributed by atoms with Gasteiger partial charge in [-0.05, 0) is 61.9 Å². The summed E-state index contributed by atoms with van der Waals surface area (Å²) < 4.78 is 24.6. The topological polar surface area (TPSA) is 110 Å². The third kappa shape index (κ3) is 5.08. The number of fused-ring (bicyclic) bond motifs is 1. The molecule has 0 unspecified atom stereocenters. The monoisotopic (exact) mass is 502 g/mol. The highest BCUT2D eigenvalue weighted by Gasteiger charge is 2.16. The zero-order valence-corrected chi connectivity index (χ0v) is 20.1. The third-order valence-electron chi connectivity index (χ3n) is 4.94. The Labute approximate surface area is 200 Å². The van der Waals surface area contributed by atoms with Gasteiger partial charge in [-0.25, -0.2) is 18.2 Å². The first kappa shape index (κ1) is 23.0. The van der Waals surface area contributed by atoms with Crippen LogP contribution in [-0.2, 0) is 16.5 Å². The minimum Gasteiger partial charge on any atom is -0.318 e. The van der Waals surface area contributed by atoms with Crippen LogP contribution in [0, 0.1) is 13.8 Å². The van der Waals surface area contributed by atoms with Gasteiger partial charge in [0.05, 0.1) is 26.6 Å². The number of hydrogen-bond acceptors (Lipinski definition) is 6. The standard InChI is InChI=1S/C22H19ClN4O4S2/c1-12-3-4-13(2)27(12)15-6-7-16(17(23)10-15)20(28)25-21(29)26-22-24-18-8-5-14(11-33(30)31)9-19(18)32-22/h3-10,33H,11H2,1-2H3,(H2,24,25,26,28,29).